The zero-order chi connectivity index (χ0) is 27.1. The van der Waals surface area contributed by atoms with Crippen molar-refractivity contribution in [2.45, 2.75) is 30.6 Å². The fourth-order valence-corrected chi connectivity index (χ4v) is 4.31. The number of carbonyl (C=O) groups excluding carboxylic acids is 1. The van der Waals surface area contributed by atoms with E-state index >= 15 is 0 Å². The standard InChI is InChI=1S/C19H17ClN4O3.C7H8O3S/c20-15-5-3-13(4-6-15)17-22-23-18(27-17)14-7-10-24(11-8-14)19(25)26-16-2-1-9-21-12-16;1-6-2-4-7(5-3-6)11(8,9)10/h1-6,9,12,14H,7-8,10-11H2;2-5H,1H3,(H,8,9,10). The fourth-order valence-electron chi connectivity index (χ4n) is 3.70. The second kappa shape index (κ2) is 12.2. The number of nitrogens with zero attached hydrogens (tertiary/aromatic N) is 4. The molecule has 3 heterocycles. The third-order valence-electron chi connectivity index (χ3n) is 5.79. The number of likely N-dealkylation sites (tertiary alicyclic amines) is 1. The molecule has 0 radical (unpaired) electrons. The summed E-state index contributed by atoms with van der Waals surface area (Å²) in [4.78, 5) is 17.8. The Bertz CT molecular complexity index is 1450. The number of hydrogen-bond donors (Lipinski definition) is 1. The van der Waals surface area contributed by atoms with Crippen LogP contribution in [0.15, 0.2) is 82.4 Å². The zero-order valence-electron chi connectivity index (χ0n) is 20.4. The number of benzene rings is 2. The molecule has 2 aromatic heterocycles. The van der Waals surface area contributed by atoms with E-state index in [4.69, 9.17) is 25.3 Å². The summed E-state index contributed by atoms with van der Waals surface area (Å²) in [6, 6.07) is 16.7. The third-order valence-corrected chi connectivity index (χ3v) is 6.91. The summed E-state index contributed by atoms with van der Waals surface area (Å²) in [5.41, 5.74) is 1.79. The van der Waals surface area contributed by atoms with Gasteiger partial charge in [0.15, 0.2) is 5.75 Å². The van der Waals surface area contributed by atoms with Crippen LogP contribution in [0, 0.1) is 6.92 Å². The van der Waals surface area contributed by atoms with Gasteiger partial charge < -0.3 is 14.1 Å². The lowest BCUT2D eigenvalue weighted by molar-refractivity contribution is 0.136. The number of aromatic nitrogens is 3. The van der Waals surface area contributed by atoms with Crippen LogP contribution in [0.5, 0.6) is 5.75 Å². The van der Waals surface area contributed by atoms with Crippen LogP contribution in [-0.4, -0.2) is 52.2 Å². The van der Waals surface area contributed by atoms with E-state index in [1.807, 2.05) is 19.1 Å². The van der Waals surface area contributed by atoms with Gasteiger partial charge in [-0.2, -0.15) is 8.42 Å². The molecule has 2 aromatic carbocycles. The monoisotopic (exact) mass is 556 g/mol. The number of rotatable bonds is 4. The van der Waals surface area contributed by atoms with E-state index in [0.29, 0.717) is 35.6 Å². The van der Waals surface area contributed by atoms with Gasteiger partial charge in [0.25, 0.3) is 10.1 Å². The highest BCUT2D eigenvalue weighted by molar-refractivity contribution is 7.85. The molecule has 1 N–H and O–H groups in total. The highest BCUT2D eigenvalue weighted by Crippen LogP contribution is 2.30. The lowest BCUT2D eigenvalue weighted by atomic mass is 9.97. The minimum absolute atomic E-state index is 0.0666. The summed E-state index contributed by atoms with van der Waals surface area (Å²) in [6.45, 7) is 2.98. The van der Waals surface area contributed by atoms with Gasteiger partial charge in [0.1, 0.15) is 0 Å². The van der Waals surface area contributed by atoms with Crippen LogP contribution in [0.1, 0.15) is 30.2 Å². The average molecular weight is 557 g/mol. The summed E-state index contributed by atoms with van der Waals surface area (Å²) in [5, 5.41) is 8.97. The molecule has 1 aliphatic heterocycles. The molecule has 1 saturated heterocycles. The molecule has 1 aliphatic rings. The number of aryl methyl sites for hydroxylation is 1. The third kappa shape index (κ3) is 7.37. The first kappa shape index (κ1) is 27.2. The lowest BCUT2D eigenvalue weighted by Gasteiger charge is -2.29. The van der Waals surface area contributed by atoms with Crippen LogP contribution < -0.4 is 4.74 Å². The largest absolute Gasteiger partial charge is 0.420 e. The quantitative estimate of drug-likeness (QED) is 0.327. The Balaban J connectivity index is 0.000000257. The predicted molar refractivity (Wildman–Crippen MR) is 140 cm³/mol. The molecule has 1 amide bonds. The van der Waals surface area contributed by atoms with Gasteiger partial charge in [-0.3, -0.25) is 9.54 Å². The molecule has 1 fully saturated rings. The summed E-state index contributed by atoms with van der Waals surface area (Å²) in [6.07, 6.45) is 4.26. The second-order valence-corrected chi connectivity index (χ2v) is 10.4. The van der Waals surface area contributed by atoms with Crippen molar-refractivity contribution in [2.75, 3.05) is 13.1 Å². The smallest absolute Gasteiger partial charge is 0.415 e. The Morgan fingerprint density at radius 2 is 1.74 bits per heavy atom. The Morgan fingerprint density at radius 1 is 1.05 bits per heavy atom. The SMILES string of the molecule is Cc1ccc(S(=O)(=O)O)cc1.O=C(Oc1cccnc1)N1CCC(c2nnc(-c3ccc(Cl)cc3)o2)CC1. The van der Waals surface area contributed by atoms with E-state index < -0.39 is 10.1 Å². The van der Waals surface area contributed by atoms with E-state index in [0.717, 1.165) is 24.0 Å². The zero-order valence-corrected chi connectivity index (χ0v) is 22.0. The van der Waals surface area contributed by atoms with Crippen LogP contribution in [0.3, 0.4) is 0 Å². The highest BCUT2D eigenvalue weighted by atomic mass is 35.5. The number of pyridine rings is 1. The van der Waals surface area contributed by atoms with E-state index in [1.165, 1.54) is 18.3 Å². The second-order valence-electron chi connectivity index (χ2n) is 8.56. The van der Waals surface area contributed by atoms with Crippen molar-refractivity contribution in [1.82, 2.24) is 20.1 Å². The molecule has 0 atom stereocenters. The summed E-state index contributed by atoms with van der Waals surface area (Å²) < 4.78 is 40.7. The van der Waals surface area contributed by atoms with Crippen molar-refractivity contribution in [1.29, 1.82) is 0 Å². The van der Waals surface area contributed by atoms with Crippen molar-refractivity contribution in [3.8, 4) is 17.2 Å². The van der Waals surface area contributed by atoms with Crippen LogP contribution in [0.25, 0.3) is 11.5 Å². The summed E-state index contributed by atoms with van der Waals surface area (Å²) in [7, 11) is -4.02. The highest BCUT2D eigenvalue weighted by Gasteiger charge is 2.28. The average Bonchev–Trinajstić information content (AvgIpc) is 3.40. The Labute approximate surface area is 225 Å². The van der Waals surface area contributed by atoms with Gasteiger partial charge in [0.2, 0.25) is 11.8 Å². The van der Waals surface area contributed by atoms with Gasteiger partial charge in [0.05, 0.1) is 11.1 Å². The molecule has 0 aliphatic carbocycles. The molecule has 0 saturated carbocycles. The maximum Gasteiger partial charge on any atom is 0.415 e. The number of amides is 1. The van der Waals surface area contributed by atoms with Crippen LogP contribution in [0.4, 0.5) is 4.79 Å². The molecule has 0 bridgehead atoms. The van der Waals surface area contributed by atoms with Gasteiger partial charge in [-0.25, -0.2) is 4.79 Å². The molecular weight excluding hydrogens is 532 g/mol. The normalized spacial score (nSPS) is 13.9. The summed E-state index contributed by atoms with van der Waals surface area (Å²) >= 11 is 5.90. The Hall–Kier alpha value is -3.80. The van der Waals surface area contributed by atoms with E-state index in [2.05, 4.69) is 15.2 Å². The van der Waals surface area contributed by atoms with Crippen molar-refractivity contribution in [3.05, 3.63) is 89.5 Å². The maximum atomic E-state index is 12.2. The van der Waals surface area contributed by atoms with E-state index in [9.17, 15) is 13.2 Å². The molecule has 10 nitrogen and oxygen atoms in total. The minimum atomic E-state index is -4.02. The molecule has 12 heteroatoms. The number of carbonyl (C=O) groups is 1. The molecule has 0 unspecified atom stereocenters. The molecular formula is C26H25ClN4O6S. The van der Waals surface area contributed by atoms with E-state index in [-0.39, 0.29) is 16.9 Å². The topological polar surface area (TPSA) is 136 Å². The number of hydrogen-bond acceptors (Lipinski definition) is 8. The number of piperidine rings is 1. The number of halogens is 1. The predicted octanol–water partition coefficient (Wildman–Crippen LogP) is 5.41. The maximum absolute atomic E-state index is 12.2. The van der Waals surface area contributed by atoms with Gasteiger partial charge in [-0.05, 0) is 68.3 Å². The van der Waals surface area contributed by atoms with Gasteiger partial charge >= 0.3 is 6.09 Å². The van der Waals surface area contributed by atoms with Gasteiger partial charge in [0, 0.05) is 35.8 Å². The van der Waals surface area contributed by atoms with Crippen LogP contribution in [0.2, 0.25) is 5.02 Å². The molecule has 0 spiro atoms. The van der Waals surface area contributed by atoms with Crippen LogP contribution >= 0.6 is 11.6 Å². The molecule has 4 aromatic rings. The lowest BCUT2D eigenvalue weighted by Crippen LogP contribution is -2.39. The fraction of sp³-hybridized carbons (Fsp3) is 0.231. The first-order valence-electron chi connectivity index (χ1n) is 11.7. The minimum Gasteiger partial charge on any atom is -0.420 e. The first-order chi connectivity index (χ1) is 18.2. The number of ether oxygens (including phenoxy) is 1. The van der Waals surface area contributed by atoms with E-state index in [1.54, 1.807) is 47.5 Å². The van der Waals surface area contributed by atoms with Crippen molar-refractivity contribution in [3.63, 3.8) is 0 Å². The molecule has 5 rings (SSSR count). The van der Waals surface area contributed by atoms with Crippen LogP contribution in [-0.2, 0) is 10.1 Å². The van der Waals surface area contributed by atoms with Crippen molar-refractivity contribution >= 4 is 27.8 Å². The molecule has 198 valence electrons. The van der Waals surface area contributed by atoms with Crippen molar-refractivity contribution in [2.24, 2.45) is 0 Å². The van der Waals surface area contributed by atoms with Gasteiger partial charge in [-0.1, -0.05) is 29.3 Å². The first-order valence-corrected chi connectivity index (χ1v) is 13.5. The molecule has 38 heavy (non-hydrogen) atoms. The Kier molecular flexibility index (Phi) is 8.72. The summed E-state index contributed by atoms with van der Waals surface area (Å²) in [5.74, 6) is 1.63. The van der Waals surface area contributed by atoms with Gasteiger partial charge in [-0.15, -0.1) is 10.2 Å². The Morgan fingerprint density at radius 3 is 2.34 bits per heavy atom. The van der Waals surface area contributed by atoms with Crippen molar-refractivity contribution < 1.29 is 26.9 Å².